The summed E-state index contributed by atoms with van der Waals surface area (Å²) in [5, 5.41) is 3.32. The van der Waals surface area contributed by atoms with Gasteiger partial charge < -0.3 is 24.3 Å². The highest BCUT2D eigenvalue weighted by Gasteiger charge is 2.43. The molecular formula is C30H33NO6. The number of nitrogens with one attached hydrogen (secondary N) is 1. The van der Waals surface area contributed by atoms with Crippen molar-refractivity contribution in [2.75, 3.05) is 20.3 Å². The molecule has 3 atom stereocenters. The summed E-state index contributed by atoms with van der Waals surface area (Å²) in [7, 11) is 1.60. The largest absolute Gasteiger partial charge is 0.493 e. The minimum Gasteiger partial charge on any atom is -0.493 e. The SMILES string of the molecule is COc1ccc(C2C(C(=O)OCC3CCCO3)=C(C)NC3=CCCC(=O)C32)cc1OCc1ccccc1. The average Bonchev–Trinajstić information content (AvgIpc) is 3.44. The Hall–Kier alpha value is -3.58. The molecule has 1 fully saturated rings. The number of ketones is 1. The van der Waals surface area contributed by atoms with E-state index < -0.39 is 17.8 Å². The number of rotatable bonds is 8. The van der Waals surface area contributed by atoms with Crippen LogP contribution >= 0.6 is 0 Å². The van der Waals surface area contributed by atoms with Crippen LogP contribution in [-0.4, -0.2) is 38.2 Å². The molecule has 0 saturated carbocycles. The summed E-state index contributed by atoms with van der Waals surface area (Å²) in [6.07, 6.45) is 4.96. The van der Waals surface area contributed by atoms with E-state index in [0.717, 1.165) is 29.7 Å². The Balaban J connectivity index is 1.49. The van der Waals surface area contributed by atoms with Crippen LogP contribution < -0.4 is 14.8 Å². The summed E-state index contributed by atoms with van der Waals surface area (Å²) in [6, 6.07) is 15.5. The second-order valence-electron chi connectivity index (χ2n) is 9.70. The first-order chi connectivity index (χ1) is 18.0. The van der Waals surface area contributed by atoms with Gasteiger partial charge in [0.1, 0.15) is 19.0 Å². The second kappa shape index (κ2) is 11.2. The van der Waals surface area contributed by atoms with E-state index in [1.165, 1.54) is 0 Å². The third-order valence-corrected chi connectivity index (χ3v) is 7.25. The Morgan fingerprint density at radius 2 is 1.95 bits per heavy atom. The number of methoxy groups -OCH3 is 1. The van der Waals surface area contributed by atoms with E-state index >= 15 is 0 Å². The fraction of sp³-hybridized carbons (Fsp3) is 0.400. The van der Waals surface area contributed by atoms with Gasteiger partial charge in [-0.15, -0.1) is 0 Å². The third-order valence-electron chi connectivity index (χ3n) is 7.25. The van der Waals surface area contributed by atoms with Crippen LogP contribution in [0.5, 0.6) is 11.5 Å². The predicted octanol–water partition coefficient (Wildman–Crippen LogP) is 4.82. The maximum Gasteiger partial charge on any atom is 0.336 e. The molecule has 7 nitrogen and oxygen atoms in total. The van der Waals surface area contributed by atoms with Crippen molar-refractivity contribution >= 4 is 11.8 Å². The lowest BCUT2D eigenvalue weighted by molar-refractivity contribution is -0.143. The molecule has 2 aliphatic heterocycles. The molecule has 37 heavy (non-hydrogen) atoms. The van der Waals surface area contributed by atoms with E-state index in [4.69, 9.17) is 18.9 Å². The van der Waals surface area contributed by atoms with Gasteiger partial charge in [-0.3, -0.25) is 4.79 Å². The average molecular weight is 504 g/mol. The summed E-state index contributed by atoms with van der Waals surface area (Å²) in [5.74, 6) is -0.163. The summed E-state index contributed by atoms with van der Waals surface area (Å²) in [5.41, 5.74) is 3.84. The quantitative estimate of drug-likeness (QED) is 0.517. The van der Waals surface area contributed by atoms with E-state index in [1.807, 2.05) is 55.5 Å². The number of hydrogen-bond acceptors (Lipinski definition) is 7. The van der Waals surface area contributed by atoms with E-state index in [9.17, 15) is 9.59 Å². The number of benzene rings is 2. The van der Waals surface area contributed by atoms with Gasteiger partial charge in [0.25, 0.3) is 0 Å². The topological polar surface area (TPSA) is 83.1 Å². The molecule has 1 saturated heterocycles. The molecule has 0 bridgehead atoms. The van der Waals surface area contributed by atoms with Crippen molar-refractivity contribution in [3.05, 3.63) is 82.7 Å². The van der Waals surface area contributed by atoms with Gasteiger partial charge in [0, 0.05) is 30.3 Å². The maximum atomic E-state index is 13.5. The molecule has 1 aliphatic carbocycles. The Labute approximate surface area is 217 Å². The summed E-state index contributed by atoms with van der Waals surface area (Å²) in [4.78, 5) is 26.7. The van der Waals surface area contributed by atoms with Crippen molar-refractivity contribution in [3.63, 3.8) is 0 Å². The van der Waals surface area contributed by atoms with Crippen LogP contribution in [-0.2, 0) is 25.7 Å². The molecule has 3 unspecified atom stereocenters. The van der Waals surface area contributed by atoms with Crippen molar-refractivity contribution in [2.45, 2.75) is 51.2 Å². The second-order valence-corrected chi connectivity index (χ2v) is 9.70. The van der Waals surface area contributed by atoms with Crippen LogP contribution in [0, 0.1) is 5.92 Å². The van der Waals surface area contributed by atoms with Crippen LogP contribution in [0.3, 0.4) is 0 Å². The monoisotopic (exact) mass is 503 g/mol. The fourth-order valence-electron chi connectivity index (χ4n) is 5.40. The van der Waals surface area contributed by atoms with Gasteiger partial charge in [-0.2, -0.15) is 0 Å². The fourth-order valence-corrected chi connectivity index (χ4v) is 5.40. The number of carbonyl (C=O) groups excluding carboxylic acids is 2. The minimum atomic E-state index is -0.498. The third kappa shape index (κ3) is 5.42. The van der Waals surface area contributed by atoms with Gasteiger partial charge in [-0.25, -0.2) is 4.79 Å². The van der Waals surface area contributed by atoms with E-state index in [-0.39, 0.29) is 18.5 Å². The Kier molecular flexibility index (Phi) is 7.60. The lowest BCUT2D eigenvalue weighted by Crippen LogP contribution is -2.41. The number of fused-ring (bicyclic) bond motifs is 1. The molecule has 7 heteroatoms. The standard InChI is InChI=1S/C30H33NO6/c1-19-27(30(33)37-18-22-10-7-15-35-22)28(29-23(31-19)11-6-12-24(29)32)21-13-14-25(34-2)26(16-21)36-17-20-8-4-3-5-9-20/h3-5,8-9,11,13-14,16,22,28-29,31H,6-7,10,12,15,17-18H2,1-2H3. The van der Waals surface area contributed by atoms with Gasteiger partial charge in [-0.05, 0) is 49.4 Å². The zero-order valence-corrected chi connectivity index (χ0v) is 21.3. The number of hydrogen-bond donors (Lipinski definition) is 1. The van der Waals surface area contributed by atoms with Crippen molar-refractivity contribution in [1.29, 1.82) is 0 Å². The van der Waals surface area contributed by atoms with Crippen molar-refractivity contribution in [3.8, 4) is 11.5 Å². The Bertz CT molecular complexity index is 1210. The first-order valence-electron chi connectivity index (χ1n) is 12.9. The van der Waals surface area contributed by atoms with Crippen LogP contribution in [0.2, 0.25) is 0 Å². The number of Topliss-reactive ketones (excluding diaryl/α,β-unsaturated/α-hetero) is 1. The van der Waals surface area contributed by atoms with Gasteiger partial charge >= 0.3 is 5.97 Å². The highest BCUT2D eigenvalue weighted by Crippen LogP contribution is 2.45. The molecule has 5 rings (SSSR count). The van der Waals surface area contributed by atoms with E-state index in [2.05, 4.69) is 11.4 Å². The highest BCUT2D eigenvalue weighted by molar-refractivity contribution is 5.96. The van der Waals surface area contributed by atoms with Gasteiger partial charge in [0.05, 0.1) is 24.7 Å². The van der Waals surface area contributed by atoms with Crippen LogP contribution in [0.15, 0.2) is 71.6 Å². The molecule has 2 aromatic carbocycles. The van der Waals surface area contributed by atoms with Crippen molar-refractivity contribution in [1.82, 2.24) is 5.32 Å². The molecular weight excluding hydrogens is 470 g/mol. The molecule has 0 amide bonds. The molecule has 1 N–H and O–H groups in total. The Morgan fingerprint density at radius 3 is 2.70 bits per heavy atom. The van der Waals surface area contributed by atoms with Crippen molar-refractivity contribution in [2.24, 2.45) is 5.92 Å². The Morgan fingerprint density at radius 1 is 1.11 bits per heavy atom. The lowest BCUT2D eigenvalue weighted by Gasteiger charge is -2.38. The smallest absolute Gasteiger partial charge is 0.336 e. The first kappa shape index (κ1) is 25.1. The van der Waals surface area contributed by atoms with E-state index in [0.29, 0.717) is 48.8 Å². The summed E-state index contributed by atoms with van der Waals surface area (Å²) < 4.78 is 23.1. The van der Waals surface area contributed by atoms with Gasteiger partial charge in [-0.1, -0.05) is 42.5 Å². The normalized spacial score (nSPS) is 23.1. The molecule has 2 aromatic rings. The number of esters is 1. The molecule has 194 valence electrons. The zero-order chi connectivity index (χ0) is 25.8. The first-order valence-corrected chi connectivity index (χ1v) is 12.9. The van der Waals surface area contributed by atoms with Crippen LogP contribution in [0.4, 0.5) is 0 Å². The zero-order valence-electron chi connectivity index (χ0n) is 21.3. The maximum absolute atomic E-state index is 13.5. The lowest BCUT2D eigenvalue weighted by atomic mass is 9.71. The van der Waals surface area contributed by atoms with Gasteiger partial charge in [0.2, 0.25) is 0 Å². The molecule has 0 aromatic heterocycles. The molecule has 0 spiro atoms. The van der Waals surface area contributed by atoms with Crippen molar-refractivity contribution < 1.29 is 28.5 Å². The van der Waals surface area contributed by atoms with E-state index in [1.54, 1.807) is 7.11 Å². The molecule has 0 radical (unpaired) electrons. The summed E-state index contributed by atoms with van der Waals surface area (Å²) >= 11 is 0. The highest BCUT2D eigenvalue weighted by atomic mass is 16.6. The molecule has 3 aliphatic rings. The minimum absolute atomic E-state index is 0.0781. The number of carbonyl (C=O) groups is 2. The predicted molar refractivity (Wildman–Crippen MR) is 138 cm³/mol. The van der Waals surface area contributed by atoms with Crippen LogP contribution in [0.1, 0.15) is 49.7 Å². The van der Waals surface area contributed by atoms with Crippen LogP contribution in [0.25, 0.3) is 0 Å². The summed E-state index contributed by atoms with van der Waals surface area (Å²) in [6.45, 7) is 3.13. The van der Waals surface area contributed by atoms with Gasteiger partial charge in [0.15, 0.2) is 11.5 Å². The molecule has 2 heterocycles. The number of allylic oxidation sites excluding steroid dienone is 3. The number of ether oxygens (including phenoxy) is 4.